The van der Waals surface area contributed by atoms with Crippen molar-refractivity contribution < 1.29 is 9.53 Å². The van der Waals surface area contributed by atoms with Gasteiger partial charge in [0.05, 0.1) is 0 Å². The van der Waals surface area contributed by atoms with Crippen molar-refractivity contribution in [1.82, 2.24) is 4.98 Å². The molecule has 0 fully saturated rings. The Kier molecular flexibility index (Phi) is 3.19. The molecule has 0 saturated carbocycles. The number of benzene rings is 1. The Balaban J connectivity index is 2.15. The summed E-state index contributed by atoms with van der Waals surface area (Å²) in [5, 5.41) is 4.68. The zero-order valence-electron chi connectivity index (χ0n) is 10.7. The van der Waals surface area contributed by atoms with Gasteiger partial charge >= 0.3 is 6.09 Å². The van der Waals surface area contributed by atoms with Gasteiger partial charge in [-0.05, 0) is 32.2 Å². The summed E-state index contributed by atoms with van der Waals surface area (Å²) in [7, 11) is 0. The van der Waals surface area contributed by atoms with Gasteiger partial charge in [-0.25, -0.2) is 9.78 Å². The van der Waals surface area contributed by atoms with Crippen molar-refractivity contribution in [2.24, 2.45) is 0 Å². The molecule has 0 spiro atoms. The number of carbonyl (C=O) groups excluding carboxylic acids is 1. The highest BCUT2D eigenvalue weighted by Crippen LogP contribution is 2.16. The maximum Gasteiger partial charge on any atom is 0.413 e. The minimum absolute atomic E-state index is 0.489. The molecule has 1 amide bonds. The summed E-state index contributed by atoms with van der Waals surface area (Å²) >= 11 is 0. The van der Waals surface area contributed by atoms with E-state index < -0.39 is 11.7 Å². The lowest BCUT2D eigenvalue weighted by atomic mass is 10.2. The number of pyridine rings is 1. The van der Waals surface area contributed by atoms with E-state index in [0.717, 1.165) is 10.8 Å². The van der Waals surface area contributed by atoms with Crippen LogP contribution in [0.25, 0.3) is 10.8 Å². The SMILES string of the molecule is CC(C)(C)OC(=O)Nc1cc2ccccc2cn1. The van der Waals surface area contributed by atoms with Gasteiger partial charge in [-0.15, -0.1) is 0 Å². The van der Waals surface area contributed by atoms with Gasteiger partial charge in [0, 0.05) is 11.6 Å². The normalized spacial score (nSPS) is 11.3. The van der Waals surface area contributed by atoms with Crippen molar-refractivity contribution in [2.45, 2.75) is 26.4 Å². The van der Waals surface area contributed by atoms with E-state index in [1.807, 2.05) is 51.1 Å². The van der Waals surface area contributed by atoms with Crippen molar-refractivity contribution in [3.63, 3.8) is 0 Å². The van der Waals surface area contributed by atoms with Gasteiger partial charge < -0.3 is 4.74 Å². The molecule has 0 aliphatic heterocycles. The highest BCUT2D eigenvalue weighted by molar-refractivity contribution is 5.89. The van der Waals surface area contributed by atoms with Gasteiger partial charge in [-0.1, -0.05) is 24.3 Å². The quantitative estimate of drug-likeness (QED) is 0.834. The molecule has 0 atom stereocenters. The summed E-state index contributed by atoms with van der Waals surface area (Å²) in [4.78, 5) is 15.8. The van der Waals surface area contributed by atoms with Crippen LogP contribution in [0.4, 0.5) is 10.6 Å². The van der Waals surface area contributed by atoms with Crippen molar-refractivity contribution in [3.05, 3.63) is 36.5 Å². The first-order valence-electron chi connectivity index (χ1n) is 5.79. The number of ether oxygens (including phenoxy) is 1. The van der Waals surface area contributed by atoms with Gasteiger partial charge in [-0.2, -0.15) is 0 Å². The molecule has 0 aliphatic carbocycles. The lowest BCUT2D eigenvalue weighted by molar-refractivity contribution is 0.0635. The number of nitrogens with one attached hydrogen (secondary N) is 1. The lowest BCUT2D eigenvalue weighted by Crippen LogP contribution is -2.27. The van der Waals surface area contributed by atoms with Crippen molar-refractivity contribution in [1.29, 1.82) is 0 Å². The average molecular weight is 244 g/mol. The van der Waals surface area contributed by atoms with E-state index in [1.54, 1.807) is 6.20 Å². The molecule has 1 heterocycles. The van der Waals surface area contributed by atoms with E-state index in [1.165, 1.54) is 0 Å². The minimum Gasteiger partial charge on any atom is -0.444 e. The smallest absolute Gasteiger partial charge is 0.413 e. The maximum atomic E-state index is 11.6. The van der Waals surface area contributed by atoms with Crippen LogP contribution in [-0.2, 0) is 4.74 Å². The molecule has 4 nitrogen and oxygen atoms in total. The molecule has 0 aliphatic rings. The van der Waals surface area contributed by atoms with Crippen LogP contribution in [0.15, 0.2) is 36.5 Å². The third-order valence-corrected chi connectivity index (χ3v) is 2.26. The van der Waals surface area contributed by atoms with Crippen LogP contribution in [0.3, 0.4) is 0 Å². The van der Waals surface area contributed by atoms with Gasteiger partial charge in [0.2, 0.25) is 0 Å². The van der Waals surface area contributed by atoms with Gasteiger partial charge in [0.1, 0.15) is 11.4 Å². The maximum absolute atomic E-state index is 11.6. The zero-order valence-corrected chi connectivity index (χ0v) is 10.7. The van der Waals surface area contributed by atoms with Crippen molar-refractivity contribution in [3.8, 4) is 0 Å². The van der Waals surface area contributed by atoms with Gasteiger partial charge in [0.25, 0.3) is 0 Å². The molecule has 0 saturated heterocycles. The average Bonchev–Trinajstić information content (AvgIpc) is 2.26. The molecule has 18 heavy (non-hydrogen) atoms. The van der Waals surface area contributed by atoms with Crippen LogP contribution >= 0.6 is 0 Å². The van der Waals surface area contributed by atoms with E-state index in [2.05, 4.69) is 10.3 Å². The summed E-state index contributed by atoms with van der Waals surface area (Å²) in [5.74, 6) is 0.489. The summed E-state index contributed by atoms with van der Waals surface area (Å²) in [6.45, 7) is 5.46. The largest absolute Gasteiger partial charge is 0.444 e. The zero-order chi connectivity index (χ0) is 13.2. The fourth-order valence-electron chi connectivity index (χ4n) is 1.56. The van der Waals surface area contributed by atoms with E-state index in [0.29, 0.717) is 5.82 Å². The van der Waals surface area contributed by atoms with Crippen LogP contribution in [0.1, 0.15) is 20.8 Å². The molecule has 0 radical (unpaired) electrons. The topological polar surface area (TPSA) is 51.2 Å². The standard InChI is InChI=1S/C14H16N2O2/c1-14(2,3)18-13(17)16-12-8-10-6-4-5-7-11(10)9-15-12/h4-9H,1-3H3,(H,15,16,17). The van der Waals surface area contributed by atoms with E-state index in [-0.39, 0.29) is 0 Å². The molecular formula is C14H16N2O2. The monoisotopic (exact) mass is 244 g/mol. The molecule has 4 heteroatoms. The fraction of sp³-hybridized carbons (Fsp3) is 0.286. The third-order valence-electron chi connectivity index (χ3n) is 2.26. The second kappa shape index (κ2) is 4.64. The second-order valence-corrected chi connectivity index (χ2v) is 5.04. The summed E-state index contributed by atoms with van der Waals surface area (Å²) < 4.78 is 5.16. The first-order chi connectivity index (χ1) is 8.44. The number of aromatic nitrogens is 1. The Morgan fingerprint density at radius 2 is 1.89 bits per heavy atom. The van der Waals surface area contributed by atoms with Crippen LogP contribution in [0, 0.1) is 0 Å². The third kappa shape index (κ3) is 3.20. The number of hydrogen-bond donors (Lipinski definition) is 1. The number of amides is 1. The first-order valence-corrected chi connectivity index (χ1v) is 5.79. The summed E-state index contributed by atoms with van der Waals surface area (Å²) in [6.07, 6.45) is 1.23. The van der Waals surface area contributed by atoms with E-state index >= 15 is 0 Å². The first kappa shape index (κ1) is 12.4. The number of fused-ring (bicyclic) bond motifs is 1. The summed E-state index contributed by atoms with van der Waals surface area (Å²) in [5.41, 5.74) is -0.513. The predicted octanol–water partition coefficient (Wildman–Crippen LogP) is 3.58. The van der Waals surface area contributed by atoms with Crippen molar-refractivity contribution >= 4 is 22.7 Å². The number of anilines is 1. The minimum atomic E-state index is -0.513. The molecule has 94 valence electrons. The Hall–Kier alpha value is -2.10. The predicted molar refractivity (Wildman–Crippen MR) is 71.6 cm³/mol. The van der Waals surface area contributed by atoms with Crippen molar-refractivity contribution in [2.75, 3.05) is 5.32 Å². The molecule has 1 N–H and O–H groups in total. The number of hydrogen-bond acceptors (Lipinski definition) is 3. The van der Waals surface area contributed by atoms with Gasteiger partial charge in [-0.3, -0.25) is 5.32 Å². The Labute approximate surface area is 106 Å². The Morgan fingerprint density at radius 1 is 1.22 bits per heavy atom. The Morgan fingerprint density at radius 3 is 2.56 bits per heavy atom. The molecular weight excluding hydrogens is 228 g/mol. The van der Waals surface area contributed by atoms with Crippen LogP contribution in [0.5, 0.6) is 0 Å². The molecule has 0 bridgehead atoms. The molecule has 1 aromatic heterocycles. The molecule has 1 aromatic carbocycles. The second-order valence-electron chi connectivity index (χ2n) is 5.04. The Bertz CT molecular complexity index is 573. The van der Waals surface area contributed by atoms with Crippen LogP contribution < -0.4 is 5.32 Å². The molecule has 2 aromatic rings. The number of carbonyl (C=O) groups is 1. The number of rotatable bonds is 1. The highest BCUT2D eigenvalue weighted by atomic mass is 16.6. The lowest BCUT2D eigenvalue weighted by Gasteiger charge is -2.19. The number of nitrogens with zero attached hydrogens (tertiary/aromatic N) is 1. The highest BCUT2D eigenvalue weighted by Gasteiger charge is 2.16. The molecule has 2 rings (SSSR count). The van der Waals surface area contributed by atoms with Gasteiger partial charge in [0.15, 0.2) is 0 Å². The fourth-order valence-corrected chi connectivity index (χ4v) is 1.56. The van der Waals surface area contributed by atoms with E-state index in [4.69, 9.17) is 4.74 Å². The molecule has 0 unspecified atom stereocenters. The van der Waals surface area contributed by atoms with E-state index in [9.17, 15) is 4.79 Å². The van der Waals surface area contributed by atoms with Crippen LogP contribution in [-0.4, -0.2) is 16.7 Å². The summed E-state index contributed by atoms with van der Waals surface area (Å²) in [6, 6.07) is 9.65. The van der Waals surface area contributed by atoms with Crippen LogP contribution in [0.2, 0.25) is 0 Å².